The summed E-state index contributed by atoms with van der Waals surface area (Å²) in [6, 6.07) is 21.8. The maximum Gasteiger partial charge on any atom is 0.343 e. The lowest BCUT2D eigenvalue weighted by Gasteiger charge is -2.32. The Bertz CT molecular complexity index is 2130. The highest BCUT2D eigenvalue weighted by Crippen LogP contribution is 2.36. The third-order valence-corrected chi connectivity index (χ3v) is 9.14. The molecule has 3 aliphatic rings. The first-order valence-corrected chi connectivity index (χ1v) is 16.0. The number of nitrogen functional groups attached to an aromatic ring is 1. The zero-order valence-corrected chi connectivity index (χ0v) is 26.3. The smallest absolute Gasteiger partial charge is 0.343 e. The molecule has 5 aromatic rings. The predicted molar refractivity (Wildman–Crippen MR) is 177 cm³/mol. The van der Waals surface area contributed by atoms with E-state index >= 15 is 0 Å². The number of urea groups is 1. The molecule has 0 radical (unpaired) electrons. The molecule has 246 valence electrons. The minimum absolute atomic E-state index is 0.00797. The van der Waals surface area contributed by atoms with E-state index in [1.54, 1.807) is 12.1 Å². The zero-order chi connectivity index (χ0) is 33.6. The van der Waals surface area contributed by atoms with Gasteiger partial charge in [-0.25, -0.2) is 24.5 Å². The Morgan fingerprint density at radius 3 is 2.33 bits per heavy atom. The largest absolute Gasteiger partial charge is 0.457 e. The van der Waals surface area contributed by atoms with Gasteiger partial charge in [0.1, 0.15) is 29.3 Å². The topological polar surface area (TPSA) is 169 Å². The Hall–Kier alpha value is -6.15. The molecule has 2 fully saturated rings. The number of nitrogens with one attached hydrogen (secondary N) is 1. The number of piperidine rings is 1. The number of nitrogens with zero attached hydrogens (tertiary/aromatic N) is 7. The molecule has 0 atom stereocenters. The van der Waals surface area contributed by atoms with E-state index in [2.05, 4.69) is 20.2 Å². The molecule has 2 saturated heterocycles. The highest BCUT2D eigenvalue weighted by Gasteiger charge is 2.43. The summed E-state index contributed by atoms with van der Waals surface area (Å²) in [5.74, 6) is 0.227. The van der Waals surface area contributed by atoms with Crippen LogP contribution in [0, 0.1) is 0 Å². The van der Waals surface area contributed by atoms with Crippen molar-refractivity contribution in [2.75, 3.05) is 25.4 Å². The van der Waals surface area contributed by atoms with Crippen molar-refractivity contribution in [1.82, 2.24) is 40.0 Å². The number of hydrazine groups is 1. The number of amides is 5. The van der Waals surface area contributed by atoms with Crippen LogP contribution in [0.15, 0.2) is 79.1 Å². The Kier molecular flexibility index (Phi) is 7.48. The number of para-hydroxylation sites is 1. The number of nitrogens with two attached hydrogens (primary N) is 1. The van der Waals surface area contributed by atoms with Crippen LogP contribution in [-0.4, -0.2) is 78.1 Å². The summed E-state index contributed by atoms with van der Waals surface area (Å²) in [4.78, 5) is 61.3. The fourth-order valence-electron chi connectivity index (χ4n) is 6.68. The first kappa shape index (κ1) is 30.2. The zero-order valence-electron chi connectivity index (χ0n) is 26.3. The maximum absolute atomic E-state index is 13.3. The fraction of sp³-hybridized carbons (Fsp3) is 0.229. The minimum atomic E-state index is -0.786. The standard InChI is InChI=1S/C35H31N9O5/c36-31-29-30(22-7-9-25(10-8-22)49-24-4-2-1-3-5-24)40-43(32(29)38-20-37-31)23-12-15-41(16-13-23)19-21-6-11-26-27(18-21)34(47)44(33(26)46)42-17-14-28(45)39-35(42)48/h1-11,18,20,23H,12-17,19H2,(H2,36,37,38)(H,39,45,48). The van der Waals surface area contributed by atoms with Gasteiger partial charge in [-0.05, 0) is 66.9 Å². The molecule has 49 heavy (non-hydrogen) atoms. The number of carbonyl (C=O) groups is 4. The van der Waals surface area contributed by atoms with Gasteiger partial charge in [-0.3, -0.25) is 24.6 Å². The maximum atomic E-state index is 13.3. The van der Waals surface area contributed by atoms with E-state index in [0.29, 0.717) is 34.8 Å². The second kappa shape index (κ2) is 12.1. The van der Waals surface area contributed by atoms with Crippen molar-refractivity contribution >= 4 is 40.6 Å². The normalized spacial score (nSPS) is 17.1. The molecule has 0 aliphatic carbocycles. The number of likely N-dealkylation sites (tertiary alicyclic amines) is 1. The number of imide groups is 2. The monoisotopic (exact) mass is 657 g/mol. The van der Waals surface area contributed by atoms with Crippen molar-refractivity contribution in [3.05, 3.63) is 95.8 Å². The van der Waals surface area contributed by atoms with E-state index in [4.69, 9.17) is 15.6 Å². The molecule has 5 heterocycles. The molecular formula is C35H31N9O5. The number of hydrogen-bond acceptors (Lipinski definition) is 10. The summed E-state index contributed by atoms with van der Waals surface area (Å²) in [6.07, 6.45) is 3.09. The number of hydrogen-bond donors (Lipinski definition) is 2. The van der Waals surface area contributed by atoms with Gasteiger partial charge in [0, 0.05) is 31.6 Å². The van der Waals surface area contributed by atoms with E-state index in [0.717, 1.165) is 52.8 Å². The first-order chi connectivity index (χ1) is 23.8. The van der Waals surface area contributed by atoms with Crippen LogP contribution in [0.2, 0.25) is 0 Å². The molecule has 14 heteroatoms. The molecule has 0 bridgehead atoms. The van der Waals surface area contributed by atoms with Gasteiger partial charge in [0.15, 0.2) is 5.65 Å². The van der Waals surface area contributed by atoms with Crippen molar-refractivity contribution in [3.8, 4) is 22.8 Å². The van der Waals surface area contributed by atoms with Crippen LogP contribution in [-0.2, 0) is 11.3 Å². The van der Waals surface area contributed by atoms with Gasteiger partial charge in [-0.15, -0.1) is 0 Å². The van der Waals surface area contributed by atoms with Gasteiger partial charge in [0.25, 0.3) is 11.8 Å². The third kappa shape index (κ3) is 5.51. The molecule has 0 unspecified atom stereocenters. The van der Waals surface area contributed by atoms with Crippen LogP contribution in [0.25, 0.3) is 22.3 Å². The first-order valence-electron chi connectivity index (χ1n) is 16.0. The summed E-state index contributed by atoms with van der Waals surface area (Å²) >= 11 is 0. The molecule has 5 amide bonds. The van der Waals surface area contributed by atoms with Gasteiger partial charge in [-0.2, -0.15) is 10.1 Å². The van der Waals surface area contributed by atoms with Crippen LogP contribution in [0.5, 0.6) is 11.5 Å². The Labute approximate surface area is 280 Å². The lowest BCUT2D eigenvalue weighted by atomic mass is 10.0. The highest BCUT2D eigenvalue weighted by atomic mass is 16.5. The molecule has 0 spiro atoms. The van der Waals surface area contributed by atoms with E-state index < -0.39 is 23.8 Å². The Morgan fingerprint density at radius 2 is 1.57 bits per heavy atom. The summed E-state index contributed by atoms with van der Waals surface area (Å²) < 4.78 is 7.93. The van der Waals surface area contributed by atoms with Gasteiger partial charge in [-0.1, -0.05) is 24.3 Å². The third-order valence-electron chi connectivity index (χ3n) is 9.14. The summed E-state index contributed by atoms with van der Waals surface area (Å²) in [5.41, 5.74) is 10.0. The second-order valence-electron chi connectivity index (χ2n) is 12.2. The SMILES string of the molecule is Nc1ncnc2c1c(-c1ccc(Oc3ccccc3)cc1)nn2C1CCN(Cc2ccc3c(c2)C(=O)N(N2CCC(=O)NC2=O)C3=O)CC1. The molecule has 3 aliphatic heterocycles. The Balaban J connectivity index is 0.963. The average Bonchev–Trinajstić information content (AvgIpc) is 3.62. The lowest BCUT2D eigenvalue weighted by Crippen LogP contribution is -2.58. The van der Waals surface area contributed by atoms with Crippen molar-refractivity contribution < 1.29 is 23.9 Å². The summed E-state index contributed by atoms with van der Waals surface area (Å²) in [6.45, 7) is 2.08. The van der Waals surface area contributed by atoms with E-state index in [9.17, 15) is 19.2 Å². The molecule has 2 aromatic heterocycles. The van der Waals surface area contributed by atoms with Crippen LogP contribution in [0.4, 0.5) is 10.6 Å². The van der Waals surface area contributed by atoms with Gasteiger partial charge < -0.3 is 10.5 Å². The predicted octanol–water partition coefficient (Wildman–Crippen LogP) is 4.16. The van der Waals surface area contributed by atoms with Crippen LogP contribution >= 0.6 is 0 Å². The molecule has 3 N–H and O–H groups in total. The number of benzene rings is 3. The Morgan fingerprint density at radius 1 is 0.837 bits per heavy atom. The van der Waals surface area contributed by atoms with E-state index in [1.807, 2.05) is 65.3 Å². The molecule has 3 aromatic carbocycles. The van der Waals surface area contributed by atoms with Gasteiger partial charge >= 0.3 is 6.03 Å². The lowest BCUT2D eigenvalue weighted by molar-refractivity contribution is -0.122. The number of fused-ring (bicyclic) bond motifs is 2. The number of aromatic nitrogens is 4. The molecule has 8 rings (SSSR count). The van der Waals surface area contributed by atoms with Crippen molar-refractivity contribution in [2.24, 2.45) is 0 Å². The number of ether oxygens (including phenoxy) is 1. The van der Waals surface area contributed by atoms with E-state index in [-0.39, 0.29) is 30.1 Å². The highest BCUT2D eigenvalue weighted by molar-refractivity contribution is 6.22. The summed E-state index contributed by atoms with van der Waals surface area (Å²) in [7, 11) is 0. The van der Waals surface area contributed by atoms with Crippen molar-refractivity contribution in [3.63, 3.8) is 0 Å². The minimum Gasteiger partial charge on any atom is -0.457 e. The second-order valence-corrected chi connectivity index (χ2v) is 12.2. The molecular weight excluding hydrogens is 626 g/mol. The summed E-state index contributed by atoms with van der Waals surface area (Å²) in [5, 5.41) is 9.72. The average molecular weight is 658 g/mol. The van der Waals surface area contributed by atoms with Crippen LogP contribution < -0.4 is 15.8 Å². The number of carbonyl (C=O) groups excluding carboxylic acids is 4. The van der Waals surface area contributed by atoms with Crippen LogP contribution in [0.1, 0.15) is 51.6 Å². The fourth-order valence-corrected chi connectivity index (χ4v) is 6.68. The number of rotatable bonds is 7. The van der Waals surface area contributed by atoms with Gasteiger partial charge in [0.2, 0.25) is 5.91 Å². The van der Waals surface area contributed by atoms with E-state index in [1.165, 1.54) is 6.33 Å². The number of anilines is 1. The van der Waals surface area contributed by atoms with Crippen molar-refractivity contribution in [1.29, 1.82) is 0 Å². The van der Waals surface area contributed by atoms with Crippen molar-refractivity contribution in [2.45, 2.75) is 31.8 Å². The quantitative estimate of drug-likeness (QED) is 0.243. The molecule has 14 nitrogen and oxygen atoms in total. The van der Waals surface area contributed by atoms with Crippen LogP contribution in [0.3, 0.4) is 0 Å². The van der Waals surface area contributed by atoms with Gasteiger partial charge in [0.05, 0.1) is 29.1 Å². The molecule has 0 saturated carbocycles.